The highest BCUT2D eigenvalue weighted by molar-refractivity contribution is 6.10. The third-order valence-corrected chi connectivity index (χ3v) is 7.71. The topological polar surface area (TPSA) is 134 Å². The number of para-hydroxylation sites is 2. The van der Waals surface area contributed by atoms with Gasteiger partial charge in [0.2, 0.25) is 18.1 Å². The minimum Gasteiger partial charge on any atom is -0.433 e. The molecule has 5 rings (SSSR count). The summed E-state index contributed by atoms with van der Waals surface area (Å²) in [5.74, 6) is -2.38. The summed E-state index contributed by atoms with van der Waals surface area (Å²) >= 11 is 0. The number of carbonyl (C=O) groups is 5. The number of fused-ring (bicyclic) bond motifs is 1. The van der Waals surface area contributed by atoms with Crippen LogP contribution in [0, 0.1) is 0 Å². The molecule has 4 amide bonds. The van der Waals surface area contributed by atoms with E-state index < -0.39 is 48.6 Å². The first-order valence-electron chi connectivity index (χ1n) is 18.0. The highest BCUT2D eigenvalue weighted by atomic mass is 16.7. The van der Waals surface area contributed by atoms with Gasteiger partial charge in [-0.25, -0.2) is 0 Å². The molecule has 3 aromatic carbocycles. The molecule has 0 aliphatic carbocycles. The first-order chi connectivity index (χ1) is 24.7. The second-order valence-electron chi connectivity index (χ2n) is 11.2. The molecule has 276 valence electrons. The van der Waals surface area contributed by atoms with Crippen LogP contribution in [0.1, 0.15) is 90.1 Å². The maximum absolute atomic E-state index is 14.0. The summed E-state index contributed by atoms with van der Waals surface area (Å²) in [6, 6.07) is 22.6. The van der Waals surface area contributed by atoms with Crippen LogP contribution in [0.25, 0.3) is 0 Å². The normalized spacial score (nSPS) is 17.4. The van der Waals surface area contributed by atoms with Crippen molar-refractivity contribution >= 4 is 41.0 Å². The third kappa shape index (κ3) is 12.4. The largest absolute Gasteiger partial charge is 0.433 e. The monoisotopic (exact) mass is 702 g/mol. The van der Waals surface area contributed by atoms with E-state index in [2.05, 4.69) is 24.5 Å². The number of nitrogens with one attached hydrogen (secondary N) is 2. The smallest absolute Gasteiger partial charge is 0.310 e. The minimum atomic E-state index is -1.14. The van der Waals surface area contributed by atoms with Gasteiger partial charge in [-0.2, -0.15) is 0 Å². The number of benzene rings is 3. The molecule has 2 aliphatic heterocycles. The molecule has 0 saturated carbocycles. The van der Waals surface area contributed by atoms with E-state index in [1.54, 1.807) is 61.5 Å². The standard InChI is InChI=1S/C32H32N4O7.C4H10.2C2H6/c1-2-28(38)35-18-24(34-30(40)22-13-7-4-8-14-22)31(41)36(26-16-10-9-15-25(26)35)19-27(37)33-23-17-29(39)43-32(23)42-20-21-11-5-3-6-12-21;1-3-4-2;2*1-2/h3-16,23-24,32H,2,17-20H2,1H3,(H,33,37)(H,34,40);3-4H2,1-2H3;2*1-2H3. The molecular weight excluding hydrogens is 648 g/mol. The number of anilines is 2. The van der Waals surface area contributed by atoms with Crippen molar-refractivity contribution in [2.75, 3.05) is 22.9 Å². The molecule has 0 radical (unpaired) electrons. The van der Waals surface area contributed by atoms with E-state index in [9.17, 15) is 24.0 Å². The first kappa shape index (κ1) is 42.1. The number of hydrogen-bond donors (Lipinski definition) is 2. The quantitative estimate of drug-likeness (QED) is 0.233. The molecule has 11 heteroatoms. The number of carbonyl (C=O) groups excluding carboxylic acids is 5. The highest BCUT2D eigenvalue weighted by Crippen LogP contribution is 2.33. The molecule has 0 spiro atoms. The summed E-state index contributed by atoms with van der Waals surface area (Å²) in [5.41, 5.74) is 2.01. The lowest BCUT2D eigenvalue weighted by Crippen LogP contribution is -2.55. The van der Waals surface area contributed by atoms with Crippen LogP contribution < -0.4 is 20.4 Å². The Kier molecular flexibility index (Phi) is 18.7. The maximum Gasteiger partial charge on any atom is 0.310 e. The molecule has 2 aliphatic rings. The Bertz CT molecular complexity index is 1530. The molecule has 1 saturated heterocycles. The van der Waals surface area contributed by atoms with Crippen molar-refractivity contribution in [3.8, 4) is 0 Å². The van der Waals surface area contributed by atoms with Crippen LogP contribution in [0.5, 0.6) is 0 Å². The van der Waals surface area contributed by atoms with E-state index in [4.69, 9.17) is 9.47 Å². The molecule has 51 heavy (non-hydrogen) atoms. The number of unbranched alkanes of at least 4 members (excludes halogenated alkanes) is 1. The predicted octanol–water partition coefficient (Wildman–Crippen LogP) is 6.41. The number of amides is 4. The van der Waals surface area contributed by atoms with Crippen molar-refractivity contribution < 1.29 is 33.4 Å². The van der Waals surface area contributed by atoms with Gasteiger partial charge < -0.3 is 25.0 Å². The summed E-state index contributed by atoms with van der Waals surface area (Å²) in [6.45, 7) is 13.7. The van der Waals surface area contributed by atoms with Crippen LogP contribution in [0.3, 0.4) is 0 Å². The fraction of sp³-hybridized carbons (Fsp3) is 0.425. The molecule has 0 aromatic heterocycles. The number of rotatable bonds is 10. The zero-order valence-electron chi connectivity index (χ0n) is 31.0. The van der Waals surface area contributed by atoms with Gasteiger partial charge in [0.15, 0.2) is 0 Å². The average molecular weight is 703 g/mol. The number of hydrogen-bond acceptors (Lipinski definition) is 7. The van der Waals surface area contributed by atoms with E-state index in [-0.39, 0.29) is 31.9 Å². The third-order valence-electron chi connectivity index (χ3n) is 7.71. The van der Waals surface area contributed by atoms with Gasteiger partial charge in [-0.15, -0.1) is 0 Å². The number of esters is 1. The van der Waals surface area contributed by atoms with Crippen LogP contribution in [0.4, 0.5) is 11.4 Å². The number of nitrogens with zero attached hydrogens (tertiary/aromatic N) is 2. The van der Waals surface area contributed by atoms with E-state index in [0.29, 0.717) is 16.9 Å². The van der Waals surface area contributed by atoms with Crippen molar-refractivity contribution in [3.05, 3.63) is 96.1 Å². The van der Waals surface area contributed by atoms with Gasteiger partial charge in [0.25, 0.3) is 11.8 Å². The summed E-state index contributed by atoms with van der Waals surface area (Å²) in [6.07, 6.45) is 1.71. The maximum atomic E-state index is 14.0. The van der Waals surface area contributed by atoms with Crippen LogP contribution in [-0.2, 0) is 35.3 Å². The molecule has 3 aromatic rings. The predicted molar refractivity (Wildman–Crippen MR) is 200 cm³/mol. The van der Waals surface area contributed by atoms with Crippen molar-refractivity contribution in [1.82, 2.24) is 10.6 Å². The van der Waals surface area contributed by atoms with Crippen molar-refractivity contribution in [1.29, 1.82) is 0 Å². The molecule has 2 N–H and O–H groups in total. The minimum absolute atomic E-state index is 0.0930. The summed E-state index contributed by atoms with van der Waals surface area (Å²) in [4.78, 5) is 68.2. The zero-order chi connectivity index (χ0) is 37.8. The fourth-order valence-electron chi connectivity index (χ4n) is 5.07. The number of ether oxygens (including phenoxy) is 2. The fourth-order valence-corrected chi connectivity index (χ4v) is 5.07. The average Bonchev–Trinajstić information content (AvgIpc) is 3.49. The van der Waals surface area contributed by atoms with Crippen molar-refractivity contribution in [2.45, 2.75) is 99.1 Å². The van der Waals surface area contributed by atoms with Crippen LogP contribution >= 0.6 is 0 Å². The Morgan fingerprint density at radius 3 is 1.94 bits per heavy atom. The lowest BCUT2D eigenvalue weighted by Gasteiger charge is -2.26. The van der Waals surface area contributed by atoms with Crippen LogP contribution in [-0.4, -0.2) is 61.1 Å². The summed E-state index contributed by atoms with van der Waals surface area (Å²) in [7, 11) is 0. The second kappa shape index (κ2) is 22.6. The molecule has 0 bridgehead atoms. The zero-order valence-corrected chi connectivity index (χ0v) is 31.0. The van der Waals surface area contributed by atoms with Gasteiger partial charge >= 0.3 is 5.97 Å². The molecule has 1 fully saturated rings. The molecule has 11 nitrogen and oxygen atoms in total. The Morgan fingerprint density at radius 1 is 0.784 bits per heavy atom. The van der Waals surface area contributed by atoms with Gasteiger partial charge in [0.1, 0.15) is 18.6 Å². The lowest BCUT2D eigenvalue weighted by atomic mass is 10.1. The summed E-state index contributed by atoms with van der Waals surface area (Å²) < 4.78 is 11.1. The number of cyclic esters (lactones) is 1. The highest BCUT2D eigenvalue weighted by Gasteiger charge is 2.40. The van der Waals surface area contributed by atoms with Gasteiger partial charge in [-0.05, 0) is 29.8 Å². The Morgan fingerprint density at radius 2 is 1.35 bits per heavy atom. The van der Waals surface area contributed by atoms with Crippen LogP contribution in [0.15, 0.2) is 84.9 Å². The van der Waals surface area contributed by atoms with Gasteiger partial charge in [0, 0.05) is 12.0 Å². The Labute approximate surface area is 302 Å². The van der Waals surface area contributed by atoms with Gasteiger partial charge in [-0.1, -0.05) is 122 Å². The van der Waals surface area contributed by atoms with Gasteiger partial charge in [-0.3, -0.25) is 28.9 Å². The van der Waals surface area contributed by atoms with E-state index in [1.165, 1.54) is 22.6 Å². The van der Waals surface area contributed by atoms with E-state index >= 15 is 0 Å². The molecule has 3 atom stereocenters. The SMILES string of the molecule is CC.CC.CCC(=O)N1CC(NC(=O)c2ccccc2)C(=O)N(CC(=O)NC2CC(=O)OC2OCc2ccccc2)c2ccccc21.CCCC. The van der Waals surface area contributed by atoms with E-state index in [1.807, 2.05) is 58.0 Å². The molecular formula is C40H54N4O7. The molecule has 2 heterocycles. The Balaban J connectivity index is 0.00000104. The summed E-state index contributed by atoms with van der Waals surface area (Å²) in [5, 5.41) is 5.52. The van der Waals surface area contributed by atoms with Crippen LogP contribution in [0.2, 0.25) is 0 Å². The van der Waals surface area contributed by atoms with Crippen molar-refractivity contribution in [3.63, 3.8) is 0 Å². The molecule has 3 unspecified atom stereocenters. The van der Waals surface area contributed by atoms with E-state index in [0.717, 1.165) is 5.56 Å². The van der Waals surface area contributed by atoms with Gasteiger partial charge in [0.05, 0.1) is 30.9 Å². The Hall–Kier alpha value is -5.03. The lowest BCUT2D eigenvalue weighted by molar-refractivity contribution is -0.168. The van der Waals surface area contributed by atoms with Crippen molar-refractivity contribution in [2.24, 2.45) is 0 Å². The second-order valence-corrected chi connectivity index (χ2v) is 11.2. The first-order valence-corrected chi connectivity index (χ1v) is 18.0.